The van der Waals surface area contributed by atoms with Crippen LogP contribution in [0.2, 0.25) is 20.2 Å². The van der Waals surface area contributed by atoms with Gasteiger partial charge in [-0.3, -0.25) is 4.79 Å². The molecule has 0 bridgehead atoms. The number of ether oxygens (including phenoxy) is 1. The average molecular weight is 399 g/mol. The quantitative estimate of drug-likeness (QED) is 0.621. The number of pyridine rings is 1. The van der Waals surface area contributed by atoms with Crippen LogP contribution < -0.4 is 5.32 Å². The van der Waals surface area contributed by atoms with Crippen molar-refractivity contribution >= 4 is 64.1 Å². The van der Waals surface area contributed by atoms with E-state index in [2.05, 4.69) is 15.5 Å². The first-order valence-electron chi connectivity index (χ1n) is 5.90. The molecule has 0 saturated heterocycles. The molecule has 2 heterocycles. The van der Waals surface area contributed by atoms with Gasteiger partial charge < -0.3 is 14.6 Å². The lowest BCUT2D eigenvalue weighted by atomic mass is 10.3. The van der Waals surface area contributed by atoms with Gasteiger partial charge in [0.25, 0.3) is 5.91 Å². The van der Waals surface area contributed by atoms with Crippen LogP contribution in [0.5, 0.6) is 0 Å². The van der Waals surface area contributed by atoms with E-state index in [0.29, 0.717) is 5.76 Å². The maximum atomic E-state index is 11.9. The van der Waals surface area contributed by atoms with Crippen LogP contribution in [0, 0.1) is 6.92 Å². The molecule has 0 unspecified atom stereocenters. The van der Waals surface area contributed by atoms with E-state index in [4.69, 9.17) is 55.7 Å². The average Bonchev–Trinajstić information content (AvgIpc) is 2.91. The minimum absolute atomic E-state index is 0.0889. The molecule has 0 spiro atoms. The molecular weight excluding hydrogens is 392 g/mol. The van der Waals surface area contributed by atoms with Gasteiger partial charge in [0, 0.05) is 6.07 Å². The second-order valence-corrected chi connectivity index (χ2v) is 5.63. The van der Waals surface area contributed by atoms with Crippen molar-refractivity contribution in [2.75, 3.05) is 11.9 Å². The third-order valence-electron chi connectivity index (χ3n) is 2.41. The van der Waals surface area contributed by atoms with Crippen LogP contribution in [-0.2, 0) is 9.53 Å². The molecule has 0 aliphatic heterocycles. The van der Waals surface area contributed by atoms with E-state index in [0.717, 1.165) is 0 Å². The molecule has 0 aliphatic carbocycles. The molecule has 2 rings (SSSR count). The van der Waals surface area contributed by atoms with Crippen LogP contribution in [0.3, 0.4) is 0 Å². The number of carbonyl (C=O) groups is 2. The van der Waals surface area contributed by atoms with Crippen molar-refractivity contribution in [3.8, 4) is 0 Å². The number of aromatic nitrogens is 2. The van der Waals surface area contributed by atoms with Gasteiger partial charge in [-0.25, -0.2) is 9.78 Å². The highest BCUT2D eigenvalue weighted by molar-refractivity contribution is 6.52. The summed E-state index contributed by atoms with van der Waals surface area (Å²) in [5.74, 6) is -0.910. The lowest BCUT2D eigenvalue weighted by Crippen LogP contribution is -2.21. The number of amides is 1. The van der Waals surface area contributed by atoms with E-state index in [1.807, 2.05) is 0 Å². The van der Waals surface area contributed by atoms with Gasteiger partial charge in [0.2, 0.25) is 0 Å². The Kier molecular flexibility index (Phi) is 5.69. The van der Waals surface area contributed by atoms with Gasteiger partial charge in [-0.05, 0) is 6.92 Å². The number of rotatable bonds is 4. The molecule has 0 aromatic carbocycles. The van der Waals surface area contributed by atoms with Gasteiger partial charge in [0.05, 0.1) is 15.1 Å². The van der Waals surface area contributed by atoms with Crippen molar-refractivity contribution in [1.82, 2.24) is 10.1 Å². The summed E-state index contributed by atoms with van der Waals surface area (Å²) in [6.07, 6.45) is 0. The zero-order valence-electron chi connectivity index (χ0n) is 11.3. The second-order valence-electron chi connectivity index (χ2n) is 4.14. The lowest BCUT2D eigenvalue weighted by Gasteiger charge is -2.08. The van der Waals surface area contributed by atoms with Crippen molar-refractivity contribution in [3.05, 3.63) is 37.7 Å². The van der Waals surface area contributed by atoms with Crippen LogP contribution in [0.1, 0.15) is 16.2 Å². The van der Waals surface area contributed by atoms with Crippen LogP contribution in [0.15, 0.2) is 10.6 Å². The van der Waals surface area contributed by atoms with E-state index < -0.39 is 18.5 Å². The van der Waals surface area contributed by atoms with Gasteiger partial charge in [-0.15, -0.1) is 0 Å². The molecule has 11 heteroatoms. The highest BCUT2D eigenvalue weighted by Gasteiger charge is 2.22. The SMILES string of the molecule is Cc1cc(NC(=O)COC(=O)c2nc(Cl)c(Cl)c(Cl)c2Cl)no1. The van der Waals surface area contributed by atoms with Crippen molar-refractivity contribution < 1.29 is 18.8 Å². The second kappa shape index (κ2) is 7.35. The first-order valence-corrected chi connectivity index (χ1v) is 7.41. The van der Waals surface area contributed by atoms with Crippen molar-refractivity contribution in [3.63, 3.8) is 0 Å². The molecule has 7 nitrogen and oxygen atoms in total. The number of halogens is 4. The van der Waals surface area contributed by atoms with Crippen molar-refractivity contribution in [1.29, 1.82) is 0 Å². The fourth-order valence-electron chi connectivity index (χ4n) is 1.43. The van der Waals surface area contributed by atoms with Gasteiger partial charge >= 0.3 is 5.97 Å². The van der Waals surface area contributed by atoms with E-state index in [9.17, 15) is 9.59 Å². The van der Waals surface area contributed by atoms with E-state index in [-0.39, 0.29) is 31.7 Å². The van der Waals surface area contributed by atoms with E-state index >= 15 is 0 Å². The Morgan fingerprint density at radius 1 is 1.22 bits per heavy atom. The summed E-state index contributed by atoms with van der Waals surface area (Å²) < 4.78 is 9.55. The topological polar surface area (TPSA) is 94.3 Å². The molecular formula is C12H7Cl4N3O4. The molecule has 0 radical (unpaired) electrons. The molecule has 0 fully saturated rings. The molecule has 1 N–H and O–H groups in total. The summed E-state index contributed by atoms with van der Waals surface area (Å²) in [6.45, 7) is 1.06. The molecule has 0 aliphatic rings. The predicted molar refractivity (Wildman–Crippen MR) is 84.4 cm³/mol. The summed E-state index contributed by atoms with van der Waals surface area (Å²) in [7, 11) is 0. The number of esters is 1. The number of carbonyl (C=O) groups excluding carboxylic acids is 2. The molecule has 23 heavy (non-hydrogen) atoms. The fourth-order valence-corrected chi connectivity index (χ4v) is 2.23. The minimum atomic E-state index is -0.984. The molecule has 122 valence electrons. The van der Waals surface area contributed by atoms with Crippen molar-refractivity contribution in [2.24, 2.45) is 0 Å². The number of aryl methyl sites for hydroxylation is 1. The highest BCUT2D eigenvalue weighted by Crippen LogP contribution is 2.36. The van der Waals surface area contributed by atoms with E-state index in [1.54, 1.807) is 6.92 Å². The Hall–Kier alpha value is -1.54. The number of nitrogens with one attached hydrogen (secondary N) is 1. The fraction of sp³-hybridized carbons (Fsp3) is 0.167. The summed E-state index contributed by atoms with van der Waals surface area (Å²) in [5.41, 5.74) is -0.351. The Morgan fingerprint density at radius 3 is 2.52 bits per heavy atom. The summed E-state index contributed by atoms with van der Waals surface area (Å²) >= 11 is 23.1. The number of anilines is 1. The Labute approximate surface area is 149 Å². The van der Waals surface area contributed by atoms with Gasteiger partial charge in [0.15, 0.2) is 18.1 Å². The number of hydrogen-bond donors (Lipinski definition) is 1. The highest BCUT2D eigenvalue weighted by atomic mass is 35.5. The Morgan fingerprint density at radius 2 is 1.91 bits per heavy atom. The largest absolute Gasteiger partial charge is 0.451 e. The zero-order chi connectivity index (χ0) is 17.1. The number of nitrogens with zero attached hydrogens (tertiary/aromatic N) is 2. The normalized spacial score (nSPS) is 10.5. The third kappa shape index (κ3) is 4.26. The molecule has 0 saturated carbocycles. The van der Waals surface area contributed by atoms with Gasteiger partial charge in [-0.2, -0.15) is 0 Å². The van der Waals surface area contributed by atoms with Gasteiger partial charge in [-0.1, -0.05) is 51.6 Å². The summed E-state index contributed by atoms with van der Waals surface area (Å²) in [5, 5.41) is 5.26. The maximum absolute atomic E-state index is 11.9. The molecule has 2 aromatic rings. The van der Waals surface area contributed by atoms with Gasteiger partial charge in [0.1, 0.15) is 10.9 Å². The predicted octanol–water partition coefficient (Wildman–Crippen LogP) is 3.79. The minimum Gasteiger partial charge on any atom is -0.451 e. The monoisotopic (exact) mass is 397 g/mol. The first-order chi connectivity index (χ1) is 10.8. The summed E-state index contributed by atoms with van der Waals surface area (Å²) in [6, 6.07) is 1.50. The van der Waals surface area contributed by atoms with Crippen molar-refractivity contribution in [2.45, 2.75) is 6.92 Å². The van der Waals surface area contributed by atoms with Crippen LogP contribution in [0.4, 0.5) is 5.82 Å². The molecule has 0 atom stereocenters. The Bertz CT molecular complexity index is 778. The smallest absolute Gasteiger partial charge is 0.359 e. The van der Waals surface area contributed by atoms with Crippen LogP contribution in [-0.4, -0.2) is 28.6 Å². The molecule has 1 amide bonds. The van der Waals surface area contributed by atoms with Crippen LogP contribution >= 0.6 is 46.4 Å². The zero-order valence-corrected chi connectivity index (χ0v) is 14.3. The third-order valence-corrected chi connectivity index (χ3v) is 4.09. The van der Waals surface area contributed by atoms with E-state index in [1.165, 1.54) is 6.07 Å². The Balaban J connectivity index is 2.01. The first kappa shape index (κ1) is 17.8. The van der Waals surface area contributed by atoms with Crippen LogP contribution in [0.25, 0.3) is 0 Å². The summed E-state index contributed by atoms with van der Waals surface area (Å²) in [4.78, 5) is 27.2. The lowest BCUT2D eigenvalue weighted by molar-refractivity contribution is -0.119. The number of hydrogen-bond acceptors (Lipinski definition) is 6. The molecule has 2 aromatic heterocycles. The standard InChI is InChI=1S/C12H7Cl4N3O4/c1-4-2-5(19-23-4)17-6(20)3-22-12(21)10-8(14)7(13)9(15)11(16)18-10/h2H,3H2,1H3,(H,17,19,20). The maximum Gasteiger partial charge on any atom is 0.359 e.